The molecule has 2 N–H and O–H groups in total. The zero-order valence-electron chi connectivity index (χ0n) is 28.6. The second-order valence-electron chi connectivity index (χ2n) is 13.8. The highest BCUT2D eigenvalue weighted by molar-refractivity contribution is 6.01. The van der Waals surface area contributed by atoms with Gasteiger partial charge in [0, 0.05) is 42.8 Å². The zero-order chi connectivity index (χ0) is 34.8. The maximum absolute atomic E-state index is 13.5. The summed E-state index contributed by atoms with van der Waals surface area (Å²) in [6.07, 6.45) is 11.3. The average Bonchev–Trinajstić information content (AvgIpc) is 3.64. The molecule has 1 unspecified atom stereocenters. The number of Topliss-reactive ketones (excluding diaryl/α,β-unsaturated/α-hetero) is 1. The van der Waals surface area contributed by atoms with Crippen molar-refractivity contribution >= 4 is 46.1 Å². The first kappa shape index (κ1) is 33.4. The van der Waals surface area contributed by atoms with Gasteiger partial charge in [0.25, 0.3) is 5.56 Å². The molecule has 1 saturated carbocycles. The molecule has 1 aromatic carbocycles. The standard InChI is InChI=1S/C38H43N7O5/c1-23-31-22-40-38(43-35(31)45(28-5-3-4-6-28)37(49)34(23)24(2)46)41-32-13-11-29(21-39-32)50-20-17-25-15-18-44(19-16-25)27-9-7-26(8-10-27)30-12-14-33(47)42-36(30)48/h7-11,13,21-22,25,28,30H,3-6,12,14-20H2,1-2H3,(H,42,47,48)(H,39,40,41,43). The second-order valence-corrected chi connectivity index (χ2v) is 13.8. The Hall–Kier alpha value is -5.13. The fraction of sp³-hybridized carbons (Fsp3) is 0.447. The van der Waals surface area contributed by atoms with Gasteiger partial charge in [0.1, 0.15) is 17.2 Å². The lowest BCUT2D eigenvalue weighted by Crippen LogP contribution is -2.39. The third kappa shape index (κ3) is 6.97. The van der Waals surface area contributed by atoms with Crippen molar-refractivity contribution in [1.82, 2.24) is 24.8 Å². The molecule has 50 heavy (non-hydrogen) atoms. The van der Waals surface area contributed by atoms with Crippen molar-refractivity contribution in [2.24, 2.45) is 5.92 Å². The van der Waals surface area contributed by atoms with Crippen LogP contribution < -0.4 is 25.8 Å². The van der Waals surface area contributed by atoms with Gasteiger partial charge in [-0.1, -0.05) is 25.0 Å². The molecule has 3 aliphatic rings. The number of rotatable bonds is 10. The van der Waals surface area contributed by atoms with Gasteiger partial charge >= 0.3 is 0 Å². The summed E-state index contributed by atoms with van der Waals surface area (Å²) in [5.74, 6) is 1.25. The monoisotopic (exact) mass is 677 g/mol. The fourth-order valence-corrected chi connectivity index (χ4v) is 7.72. The quantitative estimate of drug-likeness (QED) is 0.157. The minimum absolute atomic E-state index is 0.0134. The number of nitrogens with one attached hydrogen (secondary N) is 2. The van der Waals surface area contributed by atoms with E-state index in [0.29, 0.717) is 59.5 Å². The molecule has 2 amide bonds. The van der Waals surface area contributed by atoms with E-state index < -0.39 is 0 Å². The number of fused-ring (bicyclic) bond motifs is 1. The number of nitrogens with zero attached hydrogens (tertiary/aromatic N) is 5. The molecule has 2 aliphatic heterocycles. The number of amides is 2. The summed E-state index contributed by atoms with van der Waals surface area (Å²) >= 11 is 0. The van der Waals surface area contributed by atoms with E-state index in [1.165, 1.54) is 6.92 Å². The summed E-state index contributed by atoms with van der Waals surface area (Å²) in [5, 5.41) is 6.31. The van der Waals surface area contributed by atoms with Gasteiger partial charge in [-0.05, 0) is 93.7 Å². The van der Waals surface area contributed by atoms with Crippen LogP contribution in [0.3, 0.4) is 0 Å². The van der Waals surface area contributed by atoms with Gasteiger partial charge in [-0.25, -0.2) is 9.97 Å². The van der Waals surface area contributed by atoms with Crippen LogP contribution in [0.4, 0.5) is 17.5 Å². The Bertz CT molecular complexity index is 1960. The van der Waals surface area contributed by atoms with E-state index in [2.05, 4.69) is 37.6 Å². The minimum atomic E-state index is -0.275. The Labute approximate surface area is 290 Å². The van der Waals surface area contributed by atoms with Crippen LogP contribution in [0, 0.1) is 12.8 Å². The first-order valence-electron chi connectivity index (χ1n) is 17.7. The number of pyridine rings is 2. The van der Waals surface area contributed by atoms with Crippen molar-refractivity contribution in [3.05, 3.63) is 75.8 Å². The summed E-state index contributed by atoms with van der Waals surface area (Å²) < 4.78 is 7.75. The van der Waals surface area contributed by atoms with E-state index in [4.69, 9.17) is 9.72 Å². The summed E-state index contributed by atoms with van der Waals surface area (Å²) in [6, 6.07) is 11.9. The molecule has 3 fully saturated rings. The number of aromatic nitrogens is 4. The maximum atomic E-state index is 13.5. The summed E-state index contributed by atoms with van der Waals surface area (Å²) in [7, 11) is 0. The normalized spacial score (nSPS) is 18.8. The predicted molar refractivity (Wildman–Crippen MR) is 190 cm³/mol. The number of ketones is 1. The molecule has 7 rings (SSSR count). The Morgan fingerprint density at radius 2 is 1.72 bits per heavy atom. The number of carbonyl (C=O) groups excluding carboxylic acids is 3. The number of carbonyl (C=O) groups is 3. The molecule has 1 atom stereocenters. The van der Waals surface area contributed by atoms with Gasteiger partial charge in [-0.3, -0.25) is 29.1 Å². The second kappa shape index (κ2) is 14.4. The molecular formula is C38H43N7O5. The Morgan fingerprint density at radius 1 is 0.960 bits per heavy atom. The summed E-state index contributed by atoms with van der Waals surface area (Å²) in [4.78, 5) is 65.7. The first-order chi connectivity index (χ1) is 24.2. The van der Waals surface area contributed by atoms with E-state index >= 15 is 0 Å². The number of piperidine rings is 2. The molecule has 0 spiro atoms. The maximum Gasteiger partial charge on any atom is 0.263 e. The highest BCUT2D eigenvalue weighted by atomic mass is 16.5. The van der Waals surface area contributed by atoms with Gasteiger partial charge in [-0.15, -0.1) is 0 Å². The van der Waals surface area contributed by atoms with E-state index in [9.17, 15) is 19.2 Å². The Balaban J connectivity index is 0.913. The van der Waals surface area contributed by atoms with Crippen LogP contribution in [0.5, 0.6) is 5.75 Å². The van der Waals surface area contributed by atoms with Crippen molar-refractivity contribution < 1.29 is 19.1 Å². The van der Waals surface area contributed by atoms with Crippen molar-refractivity contribution in [3.63, 3.8) is 0 Å². The molecule has 4 aromatic rings. The third-order valence-corrected chi connectivity index (χ3v) is 10.5. The van der Waals surface area contributed by atoms with E-state index in [0.717, 1.165) is 69.3 Å². The summed E-state index contributed by atoms with van der Waals surface area (Å²) in [5.41, 5.74) is 3.20. The molecule has 260 valence electrons. The highest BCUT2D eigenvalue weighted by Gasteiger charge is 2.29. The lowest BCUT2D eigenvalue weighted by molar-refractivity contribution is -0.134. The van der Waals surface area contributed by atoms with Gasteiger partial charge in [0.05, 0.1) is 24.3 Å². The van der Waals surface area contributed by atoms with Crippen LogP contribution in [-0.4, -0.2) is 56.8 Å². The molecule has 1 aliphatic carbocycles. The molecule has 12 nitrogen and oxygen atoms in total. The van der Waals surface area contributed by atoms with Gasteiger partial charge in [-0.2, -0.15) is 4.98 Å². The van der Waals surface area contributed by atoms with E-state index in [1.807, 2.05) is 24.3 Å². The van der Waals surface area contributed by atoms with Crippen molar-refractivity contribution in [3.8, 4) is 5.75 Å². The lowest BCUT2D eigenvalue weighted by atomic mass is 9.90. The van der Waals surface area contributed by atoms with Crippen molar-refractivity contribution in [1.29, 1.82) is 0 Å². The third-order valence-electron chi connectivity index (χ3n) is 10.5. The van der Waals surface area contributed by atoms with E-state index in [-0.39, 0.29) is 40.7 Å². The van der Waals surface area contributed by atoms with Crippen LogP contribution in [0.15, 0.2) is 53.6 Å². The lowest BCUT2D eigenvalue weighted by Gasteiger charge is -2.34. The topological polar surface area (TPSA) is 148 Å². The first-order valence-corrected chi connectivity index (χ1v) is 17.7. The number of hydrogen-bond donors (Lipinski definition) is 2. The smallest absolute Gasteiger partial charge is 0.263 e. The minimum Gasteiger partial charge on any atom is -0.492 e. The Kier molecular flexibility index (Phi) is 9.60. The molecule has 2 saturated heterocycles. The molecule has 3 aromatic heterocycles. The molecule has 0 bridgehead atoms. The van der Waals surface area contributed by atoms with Crippen molar-refractivity contribution in [2.45, 2.75) is 83.6 Å². The Morgan fingerprint density at radius 3 is 2.40 bits per heavy atom. The van der Waals surface area contributed by atoms with Crippen LogP contribution >= 0.6 is 0 Å². The summed E-state index contributed by atoms with van der Waals surface area (Å²) in [6.45, 7) is 5.76. The predicted octanol–water partition coefficient (Wildman–Crippen LogP) is 5.76. The van der Waals surface area contributed by atoms with Crippen LogP contribution in [-0.2, 0) is 9.59 Å². The van der Waals surface area contributed by atoms with Crippen LogP contribution in [0.25, 0.3) is 11.0 Å². The molecule has 12 heteroatoms. The van der Waals surface area contributed by atoms with Crippen molar-refractivity contribution in [2.75, 3.05) is 29.9 Å². The number of benzene rings is 1. The van der Waals surface area contributed by atoms with Crippen LogP contribution in [0.1, 0.15) is 98.2 Å². The number of imide groups is 1. The van der Waals surface area contributed by atoms with Gasteiger partial charge in [0.2, 0.25) is 17.8 Å². The number of hydrogen-bond acceptors (Lipinski definition) is 10. The fourth-order valence-electron chi connectivity index (χ4n) is 7.72. The highest BCUT2D eigenvalue weighted by Crippen LogP contribution is 2.33. The SMILES string of the molecule is CC(=O)c1c(C)c2cnc(Nc3ccc(OCCC4CCN(c5ccc(C6CCC(=O)NC6=O)cc5)CC4)cn3)nc2n(C2CCCC2)c1=O. The number of aryl methyl sites for hydroxylation is 1. The molecule has 0 radical (unpaired) electrons. The average molecular weight is 678 g/mol. The number of anilines is 3. The number of ether oxygens (including phenoxy) is 1. The molecular weight excluding hydrogens is 634 g/mol. The van der Waals surface area contributed by atoms with Gasteiger partial charge in [0.15, 0.2) is 5.78 Å². The van der Waals surface area contributed by atoms with E-state index in [1.54, 1.807) is 23.9 Å². The zero-order valence-corrected chi connectivity index (χ0v) is 28.6. The van der Waals surface area contributed by atoms with Crippen LogP contribution in [0.2, 0.25) is 0 Å². The largest absolute Gasteiger partial charge is 0.492 e. The van der Waals surface area contributed by atoms with Gasteiger partial charge < -0.3 is 15.0 Å². The molecule has 5 heterocycles.